The maximum absolute atomic E-state index is 5.91. The van der Waals surface area contributed by atoms with Gasteiger partial charge in [0.05, 0.1) is 0 Å². The Kier molecular flexibility index (Phi) is 4.96. The molecule has 0 aliphatic heterocycles. The molecular weight excluding hydrogens is 320 g/mol. The largest absolute Gasteiger partial charge is 0.366 e. The van der Waals surface area contributed by atoms with Gasteiger partial charge in [0.15, 0.2) is 0 Å². The Labute approximate surface area is 146 Å². The molecule has 0 fully saturated rings. The lowest BCUT2D eigenvalue weighted by Gasteiger charge is -2.10. The number of hydrogen-bond acceptors (Lipinski definition) is 4. The molecule has 4 nitrogen and oxygen atoms in total. The summed E-state index contributed by atoms with van der Waals surface area (Å²) in [7, 11) is 0. The van der Waals surface area contributed by atoms with Crippen LogP contribution >= 0.6 is 11.6 Å². The van der Waals surface area contributed by atoms with Crippen molar-refractivity contribution in [2.24, 2.45) is 0 Å². The molecule has 0 aliphatic rings. The molecule has 0 unspecified atom stereocenters. The smallest absolute Gasteiger partial charge is 0.229 e. The van der Waals surface area contributed by atoms with E-state index in [-0.39, 0.29) is 0 Å². The fourth-order valence-electron chi connectivity index (χ4n) is 2.28. The minimum Gasteiger partial charge on any atom is -0.366 e. The number of nitrogens with one attached hydrogen (secondary N) is 2. The van der Waals surface area contributed by atoms with Crippen molar-refractivity contribution in [3.05, 3.63) is 76.4 Å². The Hall–Kier alpha value is -2.59. The molecule has 0 aliphatic carbocycles. The van der Waals surface area contributed by atoms with Gasteiger partial charge in [-0.3, -0.25) is 0 Å². The third-order valence-electron chi connectivity index (χ3n) is 3.55. The molecule has 0 saturated carbocycles. The van der Waals surface area contributed by atoms with Gasteiger partial charge in [0.25, 0.3) is 0 Å². The summed E-state index contributed by atoms with van der Waals surface area (Å²) in [6.45, 7) is 4.75. The van der Waals surface area contributed by atoms with E-state index in [0.29, 0.717) is 11.0 Å². The van der Waals surface area contributed by atoms with Gasteiger partial charge in [-0.25, -0.2) is 4.98 Å². The monoisotopic (exact) mass is 338 g/mol. The highest BCUT2D eigenvalue weighted by molar-refractivity contribution is 6.30. The number of anilines is 3. The summed E-state index contributed by atoms with van der Waals surface area (Å²) >= 11 is 5.91. The molecule has 5 heteroatoms. The van der Waals surface area contributed by atoms with Gasteiger partial charge in [0.1, 0.15) is 5.82 Å². The molecule has 3 rings (SSSR count). The van der Waals surface area contributed by atoms with Gasteiger partial charge in [0, 0.05) is 29.0 Å². The first kappa shape index (κ1) is 16.3. The predicted octanol–water partition coefficient (Wildman–Crippen LogP) is 5.10. The van der Waals surface area contributed by atoms with Crippen LogP contribution < -0.4 is 10.6 Å². The second-order valence-electron chi connectivity index (χ2n) is 5.69. The van der Waals surface area contributed by atoms with E-state index in [9.17, 15) is 0 Å². The maximum atomic E-state index is 5.91. The molecule has 122 valence electrons. The number of hydrogen-bond donors (Lipinski definition) is 2. The van der Waals surface area contributed by atoms with Crippen molar-refractivity contribution in [3.63, 3.8) is 0 Å². The van der Waals surface area contributed by atoms with Crippen LogP contribution in [0.15, 0.2) is 54.6 Å². The molecule has 3 aromatic rings. The lowest BCUT2D eigenvalue weighted by molar-refractivity contribution is 1.06. The van der Waals surface area contributed by atoms with Crippen LogP contribution in [0.2, 0.25) is 5.02 Å². The summed E-state index contributed by atoms with van der Waals surface area (Å²) in [6, 6.07) is 17.8. The molecular formula is C19H19ClN4. The Bertz CT molecular complexity index is 814. The number of aryl methyl sites for hydroxylation is 2. The zero-order valence-electron chi connectivity index (χ0n) is 13.7. The van der Waals surface area contributed by atoms with Crippen LogP contribution in [0.25, 0.3) is 0 Å². The number of aromatic nitrogens is 2. The first-order valence-electron chi connectivity index (χ1n) is 7.76. The topological polar surface area (TPSA) is 49.8 Å². The normalized spacial score (nSPS) is 10.5. The zero-order valence-corrected chi connectivity index (χ0v) is 14.4. The van der Waals surface area contributed by atoms with E-state index >= 15 is 0 Å². The Morgan fingerprint density at radius 3 is 2.33 bits per heavy atom. The SMILES string of the molecule is Cc1ccc(CNc2cc(C)nc(Nc3ccc(Cl)cc3)n2)cc1. The second kappa shape index (κ2) is 7.32. The first-order chi connectivity index (χ1) is 11.6. The highest BCUT2D eigenvalue weighted by Crippen LogP contribution is 2.18. The summed E-state index contributed by atoms with van der Waals surface area (Å²) in [5.41, 5.74) is 4.26. The molecule has 0 saturated heterocycles. The van der Waals surface area contributed by atoms with Gasteiger partial charge in [-0.05, 0) is 43.7 Å². The molecule has 1 heterocycles. The lowest BCUT2D eigenvalue weighted by Crippen LogP contribution is -2.05. The first-order valence-corrected chi connectivity index (χ1v) is 8.14. The molecule has 0 radical (unpaired) electrons. The average Bonchev–Trinajstić information content (AvgIpc) is 2.56. The van der Waals surface area contributed by atoms with E-state index in [1.54, 1.807) is 0 Å². The van der Waals surface area contributed by atoms with Gasteiger partial charge >= 0.3 is 0 Å². The molecule has 0 bridgehead atoms. The van der Waals surface area contributed by atoms with Crippen molar-refractivity contribution < 1.29 is 0 Å². The van der Waals surface area contributed by atoms with Crippen molar-refractivity contribution in [3.8, 4) is 0 Å². The molecule has 0 spiro atoms. The molecule has 2 N–H and O–H groups in total. The molecule has 0 amide bonds. The summed E-state index contributed by atoms with van der Waals surface area (Å²) in [5.74, 6) is 1.35. The van der Waals surface area contributed by atoms with Gasteiger partial charge in [-0.1, -0.05) is 41.4 Å². The number of nitrogens with zero attached hydrogens (tertiary/aromatic N) is 2. The van der Waals surface area contributed by atoms with Crippen molar-refractivity contribution in [2.45, 2.75) is 20.4 Å². The highest BCUT2D eigenvalue weighted by atomic mass is 35.5. The third kappa shape index (κ3) is 4.46. The van der Waals surface area contributed by atoms with E-state index in [0.717, 1.165) is 23.7 Å². The van der Waals surface area contributed by atoms with Crippen LogP contribution in [0, 0.1) is 13.8 Å². The Balaban J connectivity index is 1.71. The van der Waals surface area contributed by atoms with Crippen LogP contribution in [0.4, 0.5) is 17.5 Å². The zero-order chi connectivity index (χ0) is 16.9. The third-order valence-corrected chi connectivity index (χ3v) is 3.80. The minimum absolute atomic E-state index is 0.559. The fraction of sp³-hybridized carbons (Fsp3) is 0.158. The van der Waals surface area contributed by atoms with E-state index in [1.807, 2.05) is 37.3 Å². The van der Waals surface area contributed by atoms with Crippen molar-refractivity contribution in [1.29, 1.82) is 0 Å². The predicted molar refractivity (Wildman–Crippen MR) is 100 cm³/mol. The molecule has 1 aromatic heterocycles. The van der Waals surface area contributed by atoms with E-state index < -0.39 is 0 Å². The number of halogens is 1. The molecule has 0 atom stereocenters. The van der Waals surface area contributed by atoms with Crippen molar-refractivity contribution >= 4 is 29.1 Å². The van der Waals surface area contributed by atoms with E-state index in [2.05, 4.69) is 51.8 Å². The quantitative estimate of drug-likeness (QED) is 0.679. The molecule has 2 aromatic carbocycles. The standard InChI is InChI=1S/C19H19ClN4/c1-13-3-5-15(6-4-13)12-21-18-11-14(2)22-19(24-18)23-17-9-7-16(20)8-10-17/h3-11H,12H2,1-2H3,(H2,21,22,23,24). The Morgan fingerprint density at radius 2 is 1.62 bits per heavy atom. The maximum Gasteiger partial charge on any atom is 0.229 e. The van der Waals surface area contributed by atoms with Crippen molar-refractivity contribution in [1.82, 2.24) is 9.97 Å². The van der Waals surface area contributed by atoms with Crippen molar-refractivity contribution in [2.75, 3.05) is 10.6 Å². The van der Waals surface area contributed by atoms with Crippen LogP contribution in [-0.4, -0.2) is 9.97 Å². The number of rotatable bonds is 5. The summed E-state index contributed by atoms with van der Waals surface area (Å²) in [6.07, 6.45) is 0. The highest BCUT2D eigenvalue weighted by Gasteiger charge is 2.03. The van der Waals surface area contributed by atoms with Crippen LogP contribution in [0.5, 0.6) is 0 Å². The van der Waals surface area contributed by atoms with Crippen LogP contribution in [0.1, 0.15) is 16.8 Å². The van der Waals surface area contributed by atoms with Gasteiger partial charge in [0.2, 0.25) is 5.95 Å². The van der Waals surface area contributed by atoms with E-state index in [4.69, 9.17) is 11.6 Å². The summed E-state index contributed by atoms with van der Waals surface area (Å²) < 4.78 is 0. The lowest BCUT2D eigenvalue weighted by atomic mass is 10.1. The van der Waals surface area contributed by atoms with Gasteiger partial charge in [-0.2, -0.15) is 4.98 Å². The number of benzene rings is 2. The molecule has 24 heavy (non-hydrogen) atoms. The van der Waals surface area contributed by atoms with Gasteiger partial charge in [-0.15, -0.1) is 0 Å². The van der Waals surface area contributed by atoms with Crippen LogP contribution in [0.3, 0.4) is 0 Å². The average molecular weight is 339 g/mol. The summed E-state index contributed by atoms with van der Waals surface area (Å²) in [4.78, 5) is 8.94. The van der Waals surface area contributed by atoms with Crippen LogP contribution in [-0.2, 0) is 6.54 Å². The second-order valence-corrected chi connectivity index (χ2v) is 6.13. The minimum atomic E-state index is 0.559. The summed E-state index contributed by atoms with van der Waals surface area (Å²) in [5, 5.41) is 7.24. The van der Waals surface area contributed by atoms with E-state index in [1.165, 1.54) is 11.1 Å². The Morgan fingerprint density at radius 1 is 0.917 bits per heavy atom. The fourth-order valence-corrected chi connectivity index (χ4v) is 2.40. The van der Waals surface area contributed by atoms with Gasteiger partial charge < -0.3 is 10.6 Å².